The number of aliphatic hydroxyl groups is 4. The fourth-order valence-electron chi connectivity index (χ4n) is 5.04. The zero-order valence-electron chi connectivity index (χ0n) is 24.3. The number of ether oxygens (including phenoxy) is 4. The van der Waals surface area contributed by atoms with Crippen molar-refractivity contribution in [2.75, 3.05) is 37.9 Å². The van der Waals surface area contributed by atoms with Crippen LogP contribution < -0.4 is 14.8 Å². The molecular formula is C29H43NO10S2. The molecule has 5 N–H and O–H groups in total. The molecule has 0 unspecified atom stereocenters. The molecule has 6 atom stereocenters. The van der Waals surface area contributed by atoms with Gasteiger partial charge < -0.3 is 49.1 Å². The third-order valence-corrected chi connectivity index (χ3v) is 10.1. The minimum Gasteiger partial charge on any atom is -0.485 e. The number of carbonyl (C=O) groups is 1. The number of carbonyl (C=O) groups excluding carboxylic acids is 1. The summed E-state index contributed by atoms with van der Waals surface area (Å²) in [4.78, 5) is 12.2. The van der Waals surface area contributed by atoms with Gasteiger partial charge in [0, 0.05) is 35.9 Å². The third-order valence-electron chi connectivity index (χ3n) is 7.51. The monoisotopic (exact) mass is 629 g/mol. The van der Waals surface area contributed by atoms with Crippen molar-refractivity contribution >= 4 is 38.5 Å². The van der Waals surface area contributed by atoms with E-state index in [0.717, 1.165) is 24.0 Å². The van der Waals surface area contributed by atoms with Crippen LogP contribution in [0, 0.1) is 5.92 Å². The van der Waals surface area contributed by atoms with Crippen molar-refractivity contribution in [3.8, 4) is 11.5 Å². The summed E-state index contributed by atoms with van der Waals surface area (Å²) in [5.41, 5.74) is -0.617. The van der Waals surface area contributed by atoms with Gasteiger partial charge in [-0.3, -0.25) is 4.79 Å². The molecule has 42 heavy (non-hydrogen) atoms. The van der Waals surface area contributed by atoms with Gasteiger partial charge in [0.25, 0.3) is 0 Å². The molecule has 0 radical (unpaired) electrons. The highest BCUT2D eigenvalue weighted by Gasteiger charge is 2.54. The molecule has 2 bridgehead atoms. The standard InChI is InChI=1S/C29H43NO10S2/c1-4-36-21(32)8-6-18-13-19-9-11-37-24(19)26-25(18)39-28-23(34)22(33)27(35)29(15-31,40-28)16-42-41-14-20(7-5-17(2)3)30-10-12-38-26/h9,11,13,17,20,22-23,27-28,30-31,33-35H,4-8,10,12,14-16H2,1-3H3/t20-,22-,23-,27+,28-,29+/m1/s1. The van der Waals surface area contributed by atoms with E-state index in [2.05, 4.69) is 19.2 Å². The maximum absolute atomic E-state index is 12.2. The molecule has 0 saturated carbocycles. The number of aliphatic hydroxyl groups excluding tert-OH is 4. The lowest BCUT2D eigenvalue weighted by Gasteiger charge is -2.47. The molecule has 0 spiro atoms. The van der Waals surface area contributed by atoms with Gasteiger partial charge in [-0.1, -0.05) is 35.4 Å². The van der Waals surface area contributed by atoms with Gasteiger partial charge >= 0.3 is 5.97 Å². The molecule has 1 aromatic heterocycles. The first-order chi connectivity index (χ1) is 20.2. The number of nitrogens with one attached hydrogen (secondary N) is 1. The smallest absolute Gasteiger partial charge is 0.306 e. The number of fused-ring (bicyclic) bond motifs is 5. The molecule has 0 aliphatic carbocycles. The molecule has 1 saturated heterocycles. The predicted molar refractivity (Wildman–Crippen MR) is 161 cm³/mol. The van der Waals surface area contributed by atoms with Crippen LogP contribution in [-0.4, -0.2) is 101 Å². The zero-order chi connectivity index (χ0) is 30.3. The normalized spacial score (nSPS) is 29.2. The van der Waals surface area contributed by atoms with Crippen LogP contribution in [0.25, 0.3) is 11.0 Å². The Morgan fingerprint density at radius 1 is 1.21 bits per heavy atom. The molecule has 13 heteroatoms. The number of esters is 1. The summed E-state index contributed by atoms with van der Waals surface area (Å²) in [6.45, 7) is 6.57. The quantitative estimate of drug-likeness (QED) is 0.214. The van der Waals surface area contributed by atoms with E-state index in [1.165, 1.54) is 17.1 Å². The van der Waals surface area contributed by atoms with E-state index in [-0.39, 0.29) is 55.3 Å². The molecular weight excluding hydrogens is 586 g/mol. The highest BCUT2D eigenvalue weighted by Crippen LogP contribution is 2.44. The van der Waals surface area contributed by atoms with Crippen molar-refractivity contribution in [3.63, 3.8) is 0 Å². The summed E-state index contributed by atoms with van der Waals surface area (Å²) in [5, 5.41) is 47.4. The Balaban J connectivity index is 1.73. The van der Waals surface area contributed by atoms with Crippen LogP contribution in [0.1, 0.15) is 45.6 Å². The molecule has 1 aromatic carbocycles. The average molecular weight is 630 g/mol. The lowest BCUT2D eigenvalue weighted by molar-refractivity contribution is -0.312. The fourth-order valence-corrected chi connectivity index (χ4v) is 7.83. The van der Waals surface area contributed by atoms with Gasteiger partial charge in [0.15, 0.2) is 11.3 Å². The largest absolute Gasteiger partial charge is 0.485 e. The Morgan fingerprint density at radius 2 is 2.02 bits per heavy atom. The van der Waals surface area contributed by atoms with Gasteiger partial charge in [-0.2, -0.15) is 0 Å². The van der Waals surface area contributed by atoms with Gasteiger partial charge in [-0.15, -0.1) is 0 Å². The lowest BCUT2D eigenvalue weighted by Crippen LogP contribution is -2.68. The fraction of sp³-hybridized carbons (Fsp3) is 0.690. The van der Waals surface area contributed by atoms with E-state index in [1.807, 2.05) is 0 Å². The van der Waals surface area contributed by atoms with E-state index in [1.54, 1.807) is 29.9 Å². The zero-order valence-corrected chi connectivity index (χ0v) is 26.0. The molecule has 3 heterocycles. The minimum atomic E-state index is -1.66. The van der Waals surface area contributed by atoms with Gasteiger partial charge in [-0.05, 0) is 49.8 Å². The van der Waals surface area contributed by atoms with Crippen LogP contribution in [0.2, 0.25) is 0 Å². The number of rotatable bonds is 8. The molecule has 11 nitrogen and oxygen atoms in total. The van der Waals surface area contributed by atoms with Crippen LogP contribution in [0.15, 0.2) is 22.8 Å². The number of hydrogen-bond donors (Lipinski definition) is 5. The molecule has 0 amide bonds. The van der Waals surface area contributed by atoms with E-state index in [4.69, 9.17) is 23.4 Å². The van der Waals surface area contributed by atoms with Crippen LogP contribution in [-0.2, 0) is 20.7 Å². The lowest BCUT2D eigenvalue weighted by atomic mass is 9.88. The van der Waals surface area contributed by atoms with E-state index in [9.17, 15) is 25.2 Å². The van der Waals surface area contributed by atoms with Crippen LogP contribution in [0.3, 0.4) is 0 Å². The van der Waals surface area contributed by atoms with Gasteiger partial charge in [0.05, 0.1) is 19.5 Å². The second-order valence-corrected chi connectivity index (χ2v) is 13.6. The summed E-state index contributed by atoms with van der Waals surface area (Å²) in [6.07, 6.45) is -2.51. The van der Waals surface area contributed by atoms with E-state index in [0.29, 0.717) is 23.6 Å². The molecule has 2 aliphatic rings. The minimum absolute atomic E-state index is 0.0654. The Bertz CT molecular complexity index is 1160. The van der Waals surface area contributed by atoms with Crippen LogP contribution >= 0.6 is 21.6 Å². The molecule has 236 valence electrons. The summed E-state index contributed by atoms with van der Waals surface area (Å²) in [6, 6.07) is 3.78. The topological polar surface area (TPSA) is 160 Å². The Kier molecular flexibility index (Phi) is 12.1. The Morgan fingerprint density at radius 3 is 2.76 bits per heavy atom. The first-order valence-electron chi connectivity index (χ1n) is 14.5. The highest BCUT2D eigenvalue weighted by atomic mass is 33.1. The van der Waals surface area contributed by atoms with Crippen molar-refractivity contribution in [1.82, 2.24) is 5.32 Å². The predicted octanol–water partition coefficient (Wildman–Crippen LogP) is 2.65. The molecule has 2 aromatic rings. The van der Waals surface area contributed by atoms with E-state index >= 15 is 0 Å². The van der Waals surface area contributed by atoms with Crippen molar-refractivity contribution in [1.29, 1.82) is 0 Å². The van der Waals surface area contributed by atoms with Gasteiger partial charge in [0.2, 0.25) is 12.0 Å². The second-order valence-electron chi connectivity index (χ2n) is 11.1. The molecule has 2 aliphatic heterocycles. The number of aryl methyl sites for hydroxylation is 1. The first-order valence-corrected chi connectivity index (χ1v) is 17.0. The van der Waals surface area contributed by atoms with Crippen molar-refractivity contribution in [3.05, 3.63) is 24.0 Å². The van der Waals surface area contributed by atoms with Gasteiger partial charge in [-0.25, -0.2) is 0 Å². The second kappa shape index (κ2) is 15.3. The summed E-state index contributed by atoms with van der Waals surface area (Å²) in [7, 11) is 3.00. The number of furan rings is 1. The molecule has 1 fully saturated rings. The maximum Gasteiger partial charge on any atom is 0.306 e. The summed E-state index contributed by atoms with van der Waals surface area (Å²) in [5.74, 6) is 1.50. The Labute approximate surface area is 254 Å². The SMILES string of the molecule is CCOC(=O)CCc1cc2ccoc2c2c1O[C@@H]1O[C@@](CO)(CSSC[C@@H](CCC(C)C)NCCO2)[C@@H](O)[C@H](O)[C@H]1O. The number of benzene rings is 1. The highest BCUT2D eigenvalue weighted by molar-refractivity contribution is 8.76. The maximum atomic E-state index is 12.2. The van der Waals surface area contributed by atoms with Crippen LogP contribution in [0.5, 0.6) is 11.5 Å². The first kappa shape index (κ1) is 33.2. The number of hydrogen-bond acceptors (Lipinski definition) is 13. The van der Waals surface area contributed by atoms with Crippen LogP contribution in [0.4, 0.5) is 0 Å². The van der Waals surface area contributed by atoms with Gasteiger partial charge in [0.1, 0.15) is 30.5 Å². The summed E-state index contributed by atoms with van der Waals surface area (Å²) < 4.78 is 29.5. The third kappa shape index (κ3) is 7.86. The van der Waals surface area contributed by atoms with Crippen molar-refractivity contribution in [2.45, 2.75) is 82.7 Å². The van der Waals surface area contributed by atoms with Crippen molar-refractivity contribution < 1.29 is 48.6 Å². The summed E-state index contributed by atoms with van der Waals surface area (Å²) >= 11 is 0. The average Bonchev–Trinajstić information content (AvgIpc) is 3.44. The van der Waals surface area contributed by atoms with E-state index < -0.39 is 36.8 Å². The molecule has 4 rings (SSSR count). The Hall–Kier alpha value is -1.71. The van der Waals surface area contributed by atoms with Crippen molar-refractivity contribution in [2.24, 2.45) is 5.92 Å².